The molecule has 1 aliphatic heterocycles. The van der Waals surface area contributed by atoms with Crippen molar-refractivity contribution in [2.45, 2.75) is 26.4 Å². The number of nitrogens with zero attached hydrogens (tertiary/aromatic N) is 3. The monoisotopic (exact) mass is 490 g/mol. The molecule has 4 aromatic rings. The van der Waals surface area contributed by atoms with E-state index in [0.717, 1.165) is 15.8 Å². The predicted octanol–water partition coefficient (Wildman–Crippen LogP) is 5.58. The van der Waals surface area contributed by atoms with Crippen molar-refractivity contribution in [2.24, 2.45) is 0 Å². The third-order valence-electron chi connectivity index (χ3n) is 6.47. The highest BCUT2D eigenvalue weighted by Crippen LogP contribution is 2.28. The Morgan fingerprint density at radius 1 is 1.09 bits per heavy atom. The number of hydrogen-bond acceptors (Lipinski definition) is 3. The second-order valence-electron chi connectivity index (χ2n) is 8.99. The number of rotatable bonds is 4. The van der Waals surface area contributed by atoms with Crippen molar-refractivity contribution < 1.29 is 14.0 Å². The SMILES string of the molecule is Cc1ccc(Cn2c(C(=O)N3CCN(C(=O)Nc4ccccc4F)C(C)C3)cc3ccsc32)cc1. The van der Waals surface area contributed by atoms with Crippen molar-refractivity contribution in [1.82, 2.24) is 14.4 Å². The van der Waals surface area contributed by atoms with Crippen molar-refractivity contribution in [2.75, 3.05) is 25.0 Å². The number of aromatic nitrogens is 1. The Bertz CT molecular complexity index is 1380. The van der Waals surface area contributed by atoms with E-state index in [2.05, 4.69) is 41.1 Å². The van der Waals surface area contributed by atoms with Gasteiger partial charge in [-0.3, -0.25) is 4.79 Å². The van der Waals surface area contributed by atoms with Crippen LogP contribution in [0.25, 0.3) is 10.2 Å². The lowest BCUT2D eigenvalue weighted by Crippen LogP contribution is -2.56. The summed E-state index contributed by atoms with van der Waals surface area (Å²) in [6.07, 6.45) is 0. The van der Waals surface area contributed by atoms with Crippen LogP contribution in [0.2, 0.25) is 0 Å². The molecule has 1 N–H and O–H groups in total. The van der Waals surface area contributed by atoms with Gasteiger partial charge in [-0.2, -0.15) is 0 Å². The molecule has 0 bridgehead atoms. The maximum atomic E-state index is 14.0. The maximum absolute atomic E-state index is 14.0. The first-order chi connectivity index (χ1) is 16.9. The summed E-state index contributed by atoms with van der Waals surface area (Å²) in [6, 6.07) is 17.9. The molecule has 5 rings (SSSR count). The zero-order valence-electron chi connectivity index (χ0n) is 19.7. The average molecular weight is 491 g/mol. The Morgan fingerprint density at radius 3 is 2.60 bits per heavy atom. The number of amides is 3. The smallest absolute Gasteiger partial charge is 0.322 e. The minimum atomic E-state index is -0.475. The van der Waals surface area contributed by atoms with Crippen LogP contribution in [0.4, 0.5) is 14.9 Å². The minimum absolute atomic E-state index is 0.0403. The number of carbonyl (C=O) groups is 2. The third kappa shape index (κ3) is 4.66. The van der Waals surface area contributed by atoms with E-state index >= 15 is 0 Å². The van der Waals surface area contributed by atoms with Crippen LogP contribution in [0, 0.1) is 12.7 Å². The highest BCUT2D eigenvalue weighted by atomic mass is 32.1. The lowest BCUT2D eigenvalue weighted by molar-refractivity contribution is 0.0583. The Morgan fingerprint density at radius 2 is 1.86 bits per heavy atom. The van der Waals surface area contributed by atoms with Crippen LogP contribution < -0.4 is 5.32 Å². The van der Waals surface area contributed by atoms with Crippen LogP contribution in [0.5, 0.6) is 0 Å². The Kier molecular flexibility index (Phi) is 6.30. The van der Waals surface area contributed by atoms with Gasteiger partial charge in [-0.15, -0.1) is 11.3 Å². The van der Waals surface area contributed by atoms with Crippen LogP contribution in [-0.2, 0) is 6.54 Å². The first kappa shape index (κ1) is 23.1. The van der Waals surface area contributed by atoms with Gasteiger partial charge in [0.2, 0.25) is 0 Å². The zero-order chi connectivity index (χ0) is 24.5. The van der Waals surface area contributed by atoms with Crippen molar-refractivity contribution in [3.05, 3.63) is 88.7 Å². The number of carbonyl (C=O) groups excluding carboxylic acids is 2. The minimum Gasteiger partial charge on any atom is -0.334 e. The highest BCUT2D eigenvalue weighted by molar-refractivity contribution is 7.16. The second kappa shape index (κ2) is 9.54. The Labute approximate surface area is 207 Å². The number of fused-ring (bicyclic) bond motifs is 1. The van der Waals surface area contributed by atoms with E-state index in [1.54, 1.807) is 28.4 Å². The van der Waals surface area contributed by atoms with E-state index in [4.69, 9.17) is 0 Å². The highest BCUT2D eigenvalue weighted by Gasteiger charge is 2.32. The van der Waals surface area contributed by atoms with Crippen molar-refractivity contribution in [3.63, 3.8) is 0 Å². The number of piperazine rings is 1. The quantitative estimate of drug-likeness (QED) is 0.406. The van der Waals surface area contributed by atoms with Crippen LogP contribution in [0.1, 0.15) is 28.5 Å². The topological polar surface area (TPSA) is 57.6 Å². The molecular formula is C27H27FN4O2S. The second-order valence-corrected chi connectivity index (χ2v) is 9.88. The van der Waals surface area contributed by atoms with Gasteiger partial charge in [0.05, 0.1) is 5.69 Å². The number of aryl methyl sites for hydroxylation is 1. The van der Waals surface area contributed by atoms with Gasteiger partial charge in [-0.05, 0) is 49.1 Å². The summed E-state index contributed by atoms with van der Waals surface area (Å²) >= 11 is 1.63. The van der Waals surface area contributed by atoms with E-state index in [9.17, 15) is 14.0 Å². The molecule has 2 aromatic heterocycles. The molecular weight excluding hydrogens is 463 g/mol. The lowest BCUT2D eigenvalue weighted by Gasteiger charge is -2.39. The predicted molar refractivity (Wildman–Crippen MR) is 138 cm³/mol. The number of urea groups is 1. The molecule has 0 radical (unpaired) electrons. The number of anilines is 1. The van der Waals surface area contributed by atoms with Gasteiger partial charge < -0.3 is 19.7 Å². The zero-order valence-corrected chi connectivity index (χ0v) is 20.5. The molecule has 0 aliphatic carbocycles. The number of benzene rings is 2. The fourth-order valence-electron chi connectivity index (χ4n) is 4.54. The van der Waals surface area contributed by atoms with Gasteiger partial charge in [0.15, 0.2) is 0 Å². The van der Waals surface area contributed by atoms with Crippen LogP contribution in [-0.4, -0.2) is 52.0 Å². The van der Waals surface area contributed by atoms with Gasteiger partial charge >= 0.3 is 6.03 Å². The number of para-hydroxylation sites is 1. The summed E-state index contributed by atoms with van der Waals surface area (Å²) in [4.78, 5) is 30.9. The number of hydrogen-bond donors (Lipinski definition) is 1. The standard InChI is InChI=1S/C27H27FN4O2S/c1-18-7-9-20(10-8-18)17-32-24(15-21-11-14-35-26(21)32)25(33)30-12-13-31(19(2)16-30)27(34)29-23-6-4-3-5-22(23)28/h3-11,14-15,19H,12-13,16-17H2,1-2H3,(H,29,34). The van der Waals surface area contributed by atoms with E-state index in [0.29, 0.717) is 31.9 Å². The summed E-state index contributed by atoms with van der Waals surface area (Å²) in [5.41, 5.74) is 3.14. The molecule has 1 atom stereocenters. The molecule has 180 valence electrons. The molecule has 0 saturated carbocycles. The summed E-state index contributed by atoms with van der Waals surface area (Å²) < 4.78 is 16.0. The summed E-state index contributed by atoms with van der Waals surface area (Å²) in [7, 11) is 0. The number of halogens is 1. The van der Waals surface area contributed by atoms with Crippen molar-refractivity contribution in [1.29, 1.82) is 0 Å². The molecule has 1 saturated heterocycles. The molecule has 1 aliphatic rings. The summed E-state index contributed by atoms with van der Waals surface area (Å²) in [5, 5.41) is 5.74. The average Bonchev–Trinajstić information content (AvgIpc) is 3.44. The largest absolute Gasteiger partial charge is 0.334 e. The van der Waals surface area contributed by atoms with Gasteiger partial charge in [0.25, 0.3) is 5.91 Å². The third-order valence-corrected chi connectivity index (χ3v) is 7.43. The molecule has 3 amide bonds. The molecule has 6 nitrogen and oxygen atoms in total. The summed E-state index contributed by atoms with van der Waals surface area (Å²) in [5.74, 6) is -0.516. The molecule has 8 heteroatoms. The van der Waals surface area contributed by atoms with Gasteiger partial charge in [-0.25, -0.2) is 9.18 Å². The Hall–Kier alpha value is -3.65. The van der Waals surface area contributed by atoms with E-state index in [1.165, 1.54) is 17.7 Å². The number of nitrogens with one attached hydrogen (secondary N) is 1. The first-order valence-corrected chi connectivity index (χ1v) is 12.5. The molecule has 1 fully saturated rings. The van der Waals surface area contributed by atoms with Gasteiger partial charge in [0.1, 0.15) is 16.3 Å². The molecule has 0 spiro atoms. The lowest BCUT2D eigenvalue weighted by atomic mass is 10.1. The first-order valence-electron chi connectivity index (χ1n) is 11.6. The fourth-order valence-corrected chi connectivity index (χ4v) is 5.44. The molecule has 3 heterocycles. The van der Waals surface area contributed by atoms with E-state index in [1.807, 2.05) is 29.3 Å². The number of thiophene rings is 1. The van der Waals surface area contributed by atoms with Crippen molar-refractivity contribution in [3.8, 4) is 0 Å². The van der Waals surface area contributed by atoms with Crippen molar-refractivity contribution >= 4 is 39.2 Å². The molecule has 2 aromatic carbocycles. The van der Waals surface area contributed by atoms with Crippen LogP contribution in [0.15, 0.2) is 66.0 Å². The molecule has 35 heavy (non-hydrogen) atoms. The van der Waals surface area contributed by atoms with Gasteiger partial charge in [0, 0.05) is 37.6 Å². The normalized spacial score (nSPS) is 16.0. The van der Waals surface area contributed by atoms with E-state index < -0.39 is 5.82 Å². The summed E-state index contributed by atoms with van der Waals surface area (Å²) in [6.45, 7) is 5.78. The molecule has 1 unspecified atom stereocenters. The van der Waals surface area contributed by atoms with Crippen LogP contribution >= 0.6 is 11.3 Å². The Balaban J connectivity index is 1.32. The van der Waals surface area contributed by atoms with Gasteiger partial charge in [-0.1, -0.05) is 42.0 Å². The van der Waals surface area contributed by atoms with Crippen LogP contribution in [0.3, 0.4) is 0 Å². The fraction of sp³-hybridized carbons (Fsp3) is 0.259. The maximum Gasteiger partial charge on any atom is 0.322 e. The van der Waals surface area contributed by atoms with E-state index in [-0.39, 0.29) is 23.7 Å².